The van der Waals surface area contributed by atoms with Gasteiger partial charge in [0.15, 0.2) is 0 Å². The van der Waals surface area contributed by atoms with Crippen LogP contribution in [0.1, 0.15) is 41.2 Å². The van der Waals surface area contributed by atoms with Crippen molar-refractivity contribution >= 4 is 62.6 Å². The lowest BCUT2D eigenvalue weighted by Gasteiger charge is -2.30. The molecule has 4 heteroatoms. The lowest BCUT2D eigenvalue weighted by molar-refractivity contribution is 0.728. The van der Waals surface area contributed by atoms with Crippen molar-refractivity contribution in [3.05, 3.63) is 270 Å². The van der Waals surface area contributed by atoms with Gasteiger partial charge in [-0.05, 0) is 198 Å². The summed E-state index contributed by atoms with van der Waals surface area (Å²) in [5, 5.41) is 0. The summed E-state index contributed by atoms with van der Waals surface area (Å²) in [6, 6.07) is 79.8. The van der Waals surface area contributed by atoms with E-state index >= 15 is 0 Å². The molecule has 0 N–H and O–H groups in total. The smallest absolute Gasteiger partial charge is 0.0463 e. The molecule has 0 amide bonds. The minimum atomic E-state index is 0.510. The van der Waals surface area contributed by atoms with Gasteiger partial charge in [0.2, 0.25) is 0 Å². The van der Waals surface area contributed by atoms with Crippen LogP contribution in [0.2, 0.25) is 0 Å². The third kappa shape index (κ3) is 9.95. The molecule has 9 aromatic rings. The summed E-state index contributed by atoms with van der Waals surface area (Å²) in [4.78, 5) is 9.38. The first kappa shape index (κ1) is 45.4. The van der Waals surface area contributed by atoms with Crippen molar-refractivity contribution in [1.29, 1.82) is 0 Å². The Labute approximate surface area is 415 Å². The maximum absolute atomic E-state index is 2.38. The van der Waals surface area contributed by atoms with Crippen LogP contribution in [0.3, 0.4) is 0 Å². The van der Waals surface area contributed by atoms with Crippen molar-refractivity contribution < 1.29 is 0 Å². The molecule has 0 saturated heterocycles. The van der Waals surface area contributed by atoms with E-state index < -0.39 is 0 Å². The number of aryl methyl sites for hydroxylation is 5. The lowest BCUT2D eigenvalue weighted by atomic mass is 10.00. The summed E-state index contributed by atoms with van der Waals surface area (Å²) >= 11 is 0. The molecule has 0 heterocycles. The number of nitrogens with zero attached hydrogens (tertiary/aromatic N) is 4. The minimum Gasteiger partial charge on any atom is -0.311 e. The summed E-state index contributed by atoms with van der Waals surface area (Å²) in [5.74, 6) is 0.510. The largest absolute Gasteiger partial charge is 0.311 e. The fourth-order valence-corrected chi connectivity index (χ4v) is 9.25. The van der Waals surface area contributed by atoms with E-state index in [-0.39, 0.29) is 0 Å². The molecule has 0 radical (unpaired) electrons. The fraction of sp³-hybridized carbons (Fsp3) is 0.121. The highest BCUT2D eigenvalue weighted by atomic mass is 15.2. The van der Waals surface area contributed by atoms with E-state index in [1.54, 1.807) is 0 Å². The van der Waals surface area contributed by atoms with Gasteiger partial charge in [-0.2, -0.15) is 0 Å². The number of anilines is 11. The molecular weight excluding hydrogens is 849 g/mol. The van der Waals surface area contributed by atoms with Crippen LogP contribution in [0.5, 0.6) is 0 Å². The number of allylic oxidation sites excluding steroid dienone is 3. The average molecular weight is 909 g/mol. The van der Waals surface area contributed by atoms with Crippen LogP contribution in [0.15, 0.2) is 242 Å². The fourth-order valence-electron chi connectivity index (χ4n) is 9.25. The molecule has 0 saturated carbocycles. The third-order valence-electron chi connectivity index (χ3n) is 13.3. The molecule has 0 aromatic heterocycles. The van der Waals surface area contributed by atoms with E-state index in [2.05, 4.69) is 298 Å². The summed E-state index contributed by atoms with van der Waals surface area (Å²) in [6.07, 6.45) is 7.97. The summed E-state index contributed by atoms with van der Waals surface area (Å²) in [5.41, 5.74) is 21.9. The molecule has 0 fully saturated rings. The Morgan fingerprint density at radius 2 is 0.471 bits per heavy atom. The van der Waals surface area contributed by atoms with Gasteiger partial charge in [-0.25, -0.2) is 0 Å². The Hall–Kier alpha value is -8.34. The highest BCUT2D eigenvalue weighted by Crippen LogP contribution is 2.42. The zero-order chi connectivity index (χ0) is 48.1. The van der Waals surface area contributed by atoms with Crippen LogP contribution >= 0.6 is 0 Å². The zero-order valence-electron chi connectivity index (χ0n) is 41.1. The van der Waals surface area contributed by atoms with Crippen molar-refractivity contribution in [2.24, 2.45) is 5.92 Å². The summed E-state index contributed by atoms with van der Waals surface area (Å²) in [6.45, 7) is 12.9. The number of benzene rings is 9. The highest BCUT2D eigenvalue weighted by molar-refractivity contribution is 5.84. The van der Waals surface area contributed by atoms with E-state index in [9.17, 15) is 0 Å². The Balaban J connectivity index is 0.941. The quantitative estimate of drug-likeness (QED) is 0.114. The van der Waals surface area contributed by atoms with Gasteiger partial charge < -0.3 is 19.6 Å². The van der Waals surface area contributed by atoms with Crippen LogP contribution < -0.4 is 19.6 Å². The van der Waals surface area contributed by atoms with Gasteiger partial charge in [0, 0.05) is 68.3 Å². The predicted molar refractivity (Wildman–Crippen MR) is 299 cm³/mol. The van der Waals surface area contributed by atoms with Gasteiger partial charge in [0.1, 0.15) is 0 Å². The van der Waals surface area contributed by atoms with Crippen LogP contribution in [-0.2, 0) is 0 Å². The Morgan fingerprint density at radius 1 is 0.271 bits per heavy atom. The average Bonchev–Trinajstić information content (AvgIpc) is 3.39. The van der Waals surface area contributed by atoms with Gasteiger partial charge >= 0.3 is 0 Å². The van der Waals surface area contributed by atoms with Gasteiger partial charge in [-0.3, -0.25) is 0 Å². The van der Waals surface area contributed by atoms with Gasteiger partial charge in [-0.15, -0.1) is 0 Å². The third-order valence-corrected chi connectivity index (χ3v) is 13.3. The van der Waals surface area contributed by atoms with Crippen LogP contribution in [-0.4, -0.2) is 0 Å². The lowest BCUT2D eigenvalue weighted by Crippen LogP contribution is -2.17. The van der Waals surface area contributed by atoms with Crippen LogP contribution in [0.25, 0.3) is 11.1 Å². The summed E-state index contributed by atoms with van der Waals surface area (Å²) in [7, 11) is 0. The summed E-state index contributed by atoms with van der Waals surface area (Å²) < 4.78 is 0. The predicted octanol–water partition coefficient (Wildman–Crippen LogP) is 18.9. The second-order valence-corrected chi connectivity index (χ2v) is 18.8. The molecule has 1 atom stereocenters. The molecule has 0 bridgehead atoms. The second kappa shape index (κ2) is 20.1. The normalized spacial score (nSPS) is 13.1. The van der Waals surface area contributed by atoms with Crippen LogP contribution in [0.4, 0.5) is 62.6 Å². The van der Waals surface area contributed by atoms with E-state index in [0.717, 1.165) is 80.1 Å². The standard InChI is InChI=1S/C66H60N4/c1-47-7-23-55(24-8-47)67(56-25-9-48(2)10-26-56)63-39-43-65(44-40-63)69(59-31-15-51(5)16-32-59)61-35-19-53(20-36-61)54-21-37-62(38-22-54)70(60-33-17-52(6)18-34-60)66-45-41-64(42-46-66)68(57-27-11-49(3)12-28-57)58-29-13-50(4)14-30-58/h7-17,19-46,52H,18H2,1-6H3. The van der Waals surface area contributed by atoms with E-state index in [4.69, 9.17) is 0 Å². The molecule has 70 heavy (non-hydrogen) atoms. The highest BCUT2D eigenvalue weighted by Gasteiger charge is 2.20. The molecule has 1 aliphatic carbocycles. The topological polar surface area (TPSA) is 13.0 Å². The molecule has 9 aromatic carbocycles. The Kier molecular flexibility index (Phi) is 13.0. The Bertz CT molecular complexity index is 3130. The van der Waals surface area contributed by atoms with Gasteiger partial charge in [0.05, 0.1) is 0 Å². The van der Waals surface area contributed by atoms with Gasteiger partial charge in [0.25, 0.3) is 0 Å². The zero-order valence-corrected chi connectivity index (χ0v) is 41.1. The SMILES string of the molecule is Cc1ccc(N(c2ccc(C)cc2)c2ccc(N(C3=CCC(C)C=C3)c3ccc(-c4ccc(N(c5ccc(C)cc5)c5ccc(N(c6ccc(C)cc6)c6ccc(C)cc6)cc5)cc4)cc3)cc2)cc1. The Morgan fingerprint density at radius 3 is 0.686 bits per heavy atom. The molecule has 4 nitrogen and oxygen atoms in total. The molecule has 10 rings (SSSR count). The van der Waals surface area contributed by atoms with E-state index in [0.29, 0.717) is 5.92 Å². The van der Waals surface area contributed by atoms with Gasteiger partial charge in [-0.1, -0.05) is 132 Å². The maximum atomic E-state index is 2.38. The second-order valence-electron chi connectivity index (χ2n) is 18.8. The monoisotopic (exact) mass is 908 g/mol. The van der Waals surface area contributed by atoms with E-state index in [1.807, 2.05) is 0 Å². The number of rotatable bonds is 13. The first-order valence-electron chi connectivity index (χ1n) is 24.5. The maximum Gasteiger partial charge on any atom is 0.0463 e. The molecule has 1 unspecified atom stereocenters. The first-order valence-corrected chi connectivity index (χ1v) is 24.5. The molecule has 0 aliphatic heterocycles. The van der Waals surface area contributed by atoms with Crippen molar-refractivity contribution in [2.75, 3.05) is 19.6 Å². The van der Waals surface area contributed by atoms with Crippen molar-refractivity contribution in [1.82, 2.24) is 0 Å². The first-order chi connectivity index (χ1) is 34.1. The van der Waals surface area contributed by atoms with Crippen molar-refractivity contribution in [2.45, 2.75) is 48.0 Å². The molecule has 1 aliphatic rings. The van der Waals surface area contributed by atoms with Crippen molar-refractivity contribution in [3.8, 4) is 11.1 Å². The molecule has 0 spiro atoms. The molecule has 344 valence electrons. The van der Waals surface area contributed by atoms with E-state index in [1.165, 1.54) is 33.5 Å². The number of hydrogen-bond donors (Lipinski definition) is 0. The van der Waals surface area contributed by atoms with Crippen LogP contribution in [0, 0.1) is 40.5 Å². The minimum absolute atomic E-state index is 0.510. The van der Waals surface area contributed by atoms with Crippen molar-refractivity contribution in [3.63, 3.8) is 0 Å². The number of hydrogen-bond acceptors (Lipinski definition) is 4. The molecular formula is C66H60N4.